The van der Waals surface area contributed by atoms with Crippen LogP contribution in [0.2, 0.25) is 0 Å². The Hall–Kier alpha value is -2.63. The van der Waals surface area contributed by atoms with E-state index in [1.807, 2.05) is 30.3 Å². The van der Waals surface area contributed by atoms with Crippen LogP contribution < -0.4 is 11.1 Å². The largest absolute Gasteiger partial charge is 0.368 e. The topological polar surface area (TPSA) is 98.2 Å². The van der Waals surface area contributed by atoms with Gasteiger partial charge in [-0.3, -0.25) is 9.59 Å². The van der Waals surface area contributed by atoms with Gasteiger partial charge >= 0.3 is 0 Å². The number of amides is 2. The van der Waals surface area contributed by atoms with E-state index in [1.165, 1.54) is 0 Å². The lowest BCUT2D eigenvalue weighted by molar-refractivity contribution is -0.119. The molecule has 6 nitrogen and oxygen atoms in total. The molecule has 0 aliphatic carbocycles. The number of hydrogen-bond donors (Lipinski definition) is 2. The van der Waals surface area contributed by atoms with Crippen molar-refractivity contribution in [3.8, 4) is 0 Å². The lowest BCUT2D eigenvalue weighted by atomic mass is 10.1. The van der Waals surface area contributed by atoms with Crippen LogP contribution in [0, 0.1) is 5.92 Å². The van der Waals surface area contributed by atoms with Gasteiger partial charge in [0, 0.05) is 12.5 Å². The highest BCUT2D eigenvalue weighted by atomic mass is 16.5. The second-order valence-electron chi connectivity index (χ2n) is 5.90. The summed E-state index contributed by atoms with van der Waals surface area (Å²) in [5.74, 6) is -0.594. The molecule has 0 bridgehead atoms. The monoisotopic (exact) mass is 315 g/mol. The minimum atomic E-state index is -0.802. The number of rotatable bonds is 7. The predicted octanol–water partition coefficient (Wildman–Crippen LogP) is 1.70. The van der Waals surface area contributed by atoms with Gasteiger partial charge in [-0.2, -0.15) is 0 Å². The SMILES string of the molecule is CC(C)Cc1cc(C(=O)N[C@@H](Cc2ccccc2)C(N)=O)on1. The number of primary amides is 1. The van der Waals surface area contributed by atoms with Crippen molar-refractivity contribution in [2.24, 2.45) is 11.7 Å². The summed E-state index contributed by atoms with van der Waals surface area (Å²) in [4.78, 5) is 23.8. The first-order chi connectivity index (χ1) is 11.0. The molecule has 0 unspecified atom stereocenters. The highest BCUT2D eigenvalue weighted by Crippen LogP contribution is 2.10. The molecule has 0 spiro atoms. The highest BCUT2D eigenvalue weighted by molar-refractivity contribution is 5.95. The number of nitrogens with two attached hydrogens (primary N) is 1. The lowest BCUT2D eigenvalue weighted by Gasteiger charge is -2.14. The lowest BCUT2D eigenvalue weighted by Crippen LogP contribution is -2.45. The Morgan fingerprint density at radius 3 is 2.52 bits per heavy atom. The summed E-state index contributed by atoms with van der Waals surface area (Å²) < 4.78 is 5.04. The smallest absolute Gasteiger partial charge is 0.290 e. The highest BCUT2D eigenvalue weighted by Gasteiger charge is 2.22. The average Bonchev–Trinajstić information content (AvgIpc) is 2.95. The van der Waals surface area contributed by atoms with Gasteiger partial charge in [-0.25, -0.2) is 0 Å². The van der Waals surface area contributed by atoms with E-state index in [-0.39, 0.29) is 5.76 Å². The third-order valence-corrected chi connectivity index (χ3v) is 3.33. The van der Waals surface area contributed by atoms with E-state index in [2.05, 4.69) is 24.3 Å². The number of carbonyl (C=O) groups is 2. The van der Waals surface area contributed by atoms with Gasteiger partial charge in [0.25, 0.3) is 5.91 Å². The Bertz CT molecular complexity index is 665. The van der Waals surface area contributed by atoms with E-state index in [0.29, 0.717) is 18.0 Å². The van der Waals surface area contributed by atoms with Gasteiger partial charge < -0.3 is 15.6 Å². The second-order valence-corrected chi connectivity index (χ2v) is 5.90. The van der Waals surface area contributed by atoms with Crippen LogP contribution in [0.4, 0.5) is 0 Å². The molecule has 2 aromatic rings. The molecule has 3 N–H and O–H groups in total. The fraction of sp³-hybridized carbons (Fsp3) is 0.353. The first-order valence-corrected chi connectivity index (χ1v) is 7.55. The van der Waals surface area contributed by atoms with Crippen molar-refractivity contribution in [3.05, 3.63) is 53.4 Å². The van der Waals surface area contributed by atoms with Crippen LogP contribution in [0.1, 0.15) is 35.7 Å². The zero-order valence-electron chi connectivity index (χ0n) is 13.3. The Balaban J connectivity index is 2.03. The summed E-state index contributed by atoms with van der Waals surface area (Å²) in [7, 11) is 0. The molecule has 6 heteroatoms. The quantitative estimate of drug-likeness (QED) is 0.812. The Labute approximate surface area is 135 Å². The molecule has 2 amide bonds. The van der Waals surface area contributed by atoms with Crippen LogP contribution >= 0.6 is 0 Å². The molecule has 0 aliphatic heterocycles. The number of nitrogens with one attached hydrogen (secondary N) is 1. The normalized spacial score (nSPS) is 12.1. The van der Waals surface area contributed by atoms with Gasteiger partial charge in [0.15, 0.2) is 0 Å². The summed E-state index contributed by atoms with van der Waals surface area (Å²) in [6.07, 6.45) is 1.05. The van der Waals surface area contributed by atoms with E-state index in [9.17, 15) is 9.59 Å². The van der Waals surface area contributed by atoms with Crippen LogP contribution in [-0.4, -0.2) is 23.0 Å². The van der Waals surface area contributed by atoms with Crippen LogP contribution in [0.3, 0.4) is 0 Å². The molecule has 1 aromatic carbocycles. The molecule has 2 rings (SSSR count). The molecule has 1 heterocycles. The summed E-state index contributed by atoms with van der Waals surface area (Å²) in [6.45, 7) is 4.11. The van der Waals surface area contributed by atoms with Crippen molar-refractivity contribution in [2.75, 3.05) is 0 Å². The predicted molar refractivity (Wildman–Crippen MR) is 85.6 cm³/mol. The van der Waals surface area contributed by atoms with Gasteiger partial charge in [0.05, 0.1) is 5.69 Å². The van der Waals surface area contributed by atoms with Crippen molar-refractivity contribution in [3.63, 3.8) is 0 Å². The van der Waals surface area contributed by atoms with Crippen molar-refractivity contribution >= 4 is 11.8 Å². The Kier molecular flexibility index (Phi) is 5.51. The number of benzene rings is 1. The van der Waals surface area contributed by atoms with E-state index < -0.39 is 17.9 Å². The van der Waals surface area contributed by atoms with Crippen LogP contribution in [-0.2, 0) is 17.6 Å². The molecule has 0 radical (unpaired) electrons. The maximum atomic E-state index is 12.2. The van der Waals surface area contributed by atoms with Gasteiger partial charge in [-0.05, 0) is 17.9 Å². The Morgan fingerprint density at radius 2 is 1.91 bits per heavy atom. The summed E-state index contributed by atoms with van der Waals surface area (Å²) >= 11 is 0. The Morgan fingerprint density at radius 1 is 1.22 bits per heavy atom. The van der Waals surface area contributed by atoms with Crippen LogP contribution in [0.25, 0.3) is 0 Å². The van der Waals surface area contributed by atoms with E-state index in [0.717, 1.165) is 12.0 Å². The van der Waals surface area contributed by atoms with Gasteiger partial charge in [-0.15, -0.1) is 0 Å². The molecule has 0 aliphatic rings. The summed E-state index contributed by atoms with van der Waals surface area (Å²) in [5.41, 5.74) is 7.01. The molecular weight excluding hydrogens is 294 g/mol. The zero-order chi connectivity index (χ0) is 16.8. The number of aromatic nitrogens is 1. The average molecular weight is 315 g/mol. The van der Waals surface area contributed by atoms with Crippen molar-refractivity contribution in [1.29, 1.82) is 0 Å². The van der Waals surface area contributed by atoms with Gasteiger partial charge in [-0.1, -0.05) is 49.3 Å². The molecule has 0 saturated carbocycles. The minimum Gasteiger partial charge on any atom is -0.368 e. The molecule has 1 aromatic heterocycles. The zero-order valence-corrected chi connectivity index (χ0v) is 13.3. The minimum absolute atomic E-state index is 0.0833. The molecular formula is C17H21N3O3. The van der Waals surface area contributed by atoms with E-state index >= 15 is 0 Å². The molecule has 1 atom stereocenters. The van der Waals surface area contributed by atoms with Crippen molar-refractivity contribution in [2.45, 2.75) is 32.7 Å². The molecule has 0 fully saturated rings. The maximum absolute atomic E-state index is 12.2. The summed E-state index contributed by atoms with van der Waals surface area (Å²) in [5, 5.41) is 6.46. The standard InChI is InChI=1S/C17H21N3O3/c1-11(2)8-13-10-15(23-20-13)17(22)19-14(16(18)21)9-12-6-4-3-5-7-12/h3-7,10-11,14H,8-9H2,1-2H3,(H2,18,21)(H,19,22)/t14-/m0/s1. The fourth-order valence-electron chi connectivity index (χ4n) is 2.24. The summed E-state index contributed by atoms with van der Waals surface area (Å²) in [6, 6.07) is 10.1. The molecule has 23 heavy (non-hydrogen) atoms. The maximum Gasteiger partial charge on any atom is 0.290 e. The first-order valence-electron chi connectivity index (χ1n) is 7.55. The van der Waals surface area contributed by atoms with Crippen LogP contribution in [0.15, 0.2) is 40.9 Å². The molecule has 0 saturated heterocycles. The number of hydrogen-bond acceptors (Lipinski definition) is 4. The molecule has 122 valence electrons. The van der Waals surface area contributed by atoms with E-state index in [1.54, 1.807) is 6.07 Å². The third-order valence-electron chi connectivity index (χ3n) is 3.33. The van der Waals surface area contributed by atoms with Gasteiger partial charge in [0.1, 0.15) is 6.04 Å². The number of nitrogens with zero attached hydrogens (tertiary/aromatic N) is 1. The van der Waals surface area contributed by atoms with Crippen molar-refractivity contribution < 1.29 is 14.1 Å². The number of carbonyl (C=O) groups excluding carboxylic acids is 2. The second kappa shape index (κ2) is 7.58. The fourth-order valence-corrected chi connectivity index (χ4v) is 2.24. The third kappa shape index (κ3) is 4.95. The van der Waals surface area contributed by atoms with Crippen molar-refractivity contribution in [1.82, 2.24) is 10.5 Å². The van der Waals surface area contributed by atoms with E-state index in [4.69, 9.17) is 10.3 Å². The first kappa shape index (κ1) is 16.7. The van der Waals surface area contributed by atoms with Gasteiger partial charge in [0.2, 0.25) is 11.7 Å². The van der Waals surface area contributed by atoms with Crippen LogP contribution in [0.5, 0.6) is 0 Å².